The highest BCUT2D eigenvalue weighted by Gasteiger charge is 2.32. The van der Waals surface area contributed by atoms with E-state index in [2.05, 4.69) is 9.97 Å². The Bertz CT molecular complexity index is 401. The Kier molecular flexibility index (Phi) is 4.46. The highest BCUT2D eigenvalue weighted by Crippen LogP contribution is 2.18. The van der Waals surface area contributed by atoms with E-state index in [1.54, 1.807) is 12.4 Å². The molecule has 1 aliphatic heterocycles. The zero-order chi connectivity index (χ0) is 13.9. The normalized spacial score (nSPS) is 17.8. The molecule has 1 aromatic heterocycles. The molecule has 0 saturated carbocycles. The van der Waals surface area contributed by atoms with Gasteiger partial charge in [-0.3, -0.25) is 4.90 Å². The molecule has 0 atom stereocenters. The van der Waals surface area contributed by atoms with Crippen LogP contribution in [0.15, 0.2) is 12.4 Å². The first-order valence-corrected chi connectivity index (χ1v) is 6.42. The molecule has 0 N–H and O–H groups in total. The van der Waals surface area contributed by atoms with Crippen molar-refractivity contribution in [3.05, 3.63) is 18.0 Å². The number of piperazine rings is 1. The first kappa shape index (κ1) is 14.3. The molecule has 1 fully saturated rings. The second-order valence-electron chi connectivity index (χ2n) is 4.40. The van der Waals surface area contributed by atoms with E-state index in [0.29, 0.717) is 38.0 Å². The van der Waals surface area contributed by atoms with Crippen molar-refractivity contribution in [1.29, 1.82) is 0 Å². The average molecular weight is 295 g/mol. The Morgan fingerprint density at radius 1 is 1.11 bits per heavy atom. The monoisotopic (exact) mass is 294 g/mol. The summed E-state index contributed by atoms with van der Waals surface area (Å²) in [4.78, 5) is 11.6. The SMILES string of the molecule is FC(F)(F)CN1CCN(c2ncc(CCl)cn2)CC1. The Morgan fingerprint density at radius 3 is 2.16 bits per heavy atom. The summed E-state index contributed by atoms with van der Waals surface area (Å²) in [5, 5.41) is 0. The van der Waals surface area contributed by atoms with Crippen molar-refractivity contribution in [2.24, 2.45) is 0 Å². The Morgan fingerprint density at radius 2 is 1.68 bits per heavy atom. The third-order valence-electron chi connectivity index (χ3n) is 2.90. The highest BCUT2D eigenvalue weighted by atomic mass is 35.5. The van der Waals surface area contributed by atoms with Crippen LogP contribution >= 0.6 is 11.6 Å². The Balaban J connectivity index is 1.88. The molecular weight excluding hydrogens is 281 g/mol. The lowest BCUT2D eigenvalue weighted by molar-refractivity contribution is -0.146. The van der Waals surface area contributed by atoms with Crippen molar-refractivity contribution < 1.29 is 13.2 Å². The van der Waals surface area contributed by atoms with Gasteiger partial charge in [-0.05, 0) is 0 Å². The van der Waals surface area contributed by atoms with Gasteiger partial charge in [-0.2, -0.15) is 13.2 Å². The summed E-state index contributed by atoms with van der Waals surface area (Å²) in [7, 11) is 0. The van der Waals surface area contributed by atoms with Crippen LogP contribution in [-0.2, 0) is 5.88 Å². The van der Waals surface area contributed by atoms with Gasteiger partial charge in [-0.1, -0.05) is 0 Å². The molecule has 106 valence electrons. The quantitative estimate of drug-likeness (QED) is 0.797. The first-order chi connectivity index (χ1) is 8.98. The van der Waals surface area contributed by atoms with E-state index in [1.165, 1.54) is 4.90 Å². The van der Waals surface area contributed by atoms with Crippen molar-refractivity contribution in [2.75, 3.05) is 37.6 Å². The molecule has 0 aliphatic carbocycles. The number of aromatic nitrogens is 2. The molecule has 19 heavy (non-hydrogen) atoms. The molecule has 0 aromatic carbocycles. The number of nitrogens with zero attached hydrogens (tertiary/aromatic N) is 4. The van der Waals surface area contributed by atoms with Crippen molar-refractivity contribution in [3.8, 4) is 0 Å². The van der Waals surface area contributed by atoms with E-state index in [1.807, 2.05) is 4.90 Å². The number of hydrogen-bond donors (Lipinski definition) is 0. The zero-order valence-corrected chi connectivity index (χ0v) is 11.0. The fraction of sp³-hybridized carbons (Fsp3) is 0.636. The topological polar surface area (TPSA) is 32.3 Å². The van der Waals surface area contributed by atoms with Gasteiger partial charge >= 0.3 is 6.18 Å². The van der Waals surface area contributed by atoms with Crippen LogP contribution in [0.25, 0.3) is 0 Å². The van der Waals surface area contributed by atoms with Gasteiger partial charge in [0.2, 0.25) is 5.95 Å². The lowest BCUT2D eigenvalue weighted by Gasteiger charge is -2.34. The molecule has 1 aromatic rings. The second-order valence-corrected chi connectivity index (χ2v) is 4.67. The van der Waals surface area contributed by atoms with Crippen LogP contribution in [0, 0.1) is 0 Å². The predicted molar refractivity (Wildman–Crippen MR) is 66.3 cm³/mol. The van der Waals surface area contributed by atoms with E-state index >= 15 is 0 Å². The third-order valence-corrected chi connectivity index (χ3v) is 3.21. The molecule has 1 aliphatic rings. The molecule has 0 bridgehead atoms. The number of halogens is 4. The number of rotatable bonds is 3. The van der Waals surface area contributed by atoms with E-state index < -0.39 is 12.7 Å². The average Bonchev–Trinajstić information content (AvgIpc) is 2.38. The van der Waals surface area contributed by atoms with Gasteiger partial charge < -0.3 is 4.90 Å². The van der Waals surface area contributed by atoms with Gasteiger partial charge in [0.25, 0.3) is 0 Å². The van der Waals surface area contributed by atoms with E-state index in [9.17, 15) is 13.2 Å². The van der Waals surface area contributed by atoms with Crippen LogP contribution in [0.5, 0.6) is 0 Å². The number of alkyl halides is 4. The van der Waals surface area contributed by atoms with E-state index in [0.717, 1.165) is 5.56 Å². The van der Waals surface area contributed by atoms with Gasteiger partial charge in [0.05, 0.1) is 12.4 Å². The van der Waals surface area contributed by atoms with E-state index in [-0.39, 0.29) is 0 Å². The molecule has 1 saturated heterocycles. The van der Waals surface area contributed by atoms with Crippen molar-refractivity contribution in [1.82, 2.24) is 14.9 Å². The Hall–Kier alpha value is -1.08. The second kappa shape index (κ2) is 5.92. The van der Waals surface area contributed by atoms with Gasteiger partial charge in [0.1, 0.15) is 0 Å². The van der Waals surface area contributed by atoms with Crippen LogP contribution in [-0.4, -0.2) is 53.8 Å². The Labute approximate surface area is 114 Å². The lowest BCUT2D eigenvalue weighted by atomic mass is 10.3. The molecule has 8 heteroatoms. The fourth-order valence-corrected chi connectivity index (χ4v) is 2.08. The van der Waals surface area contributed by atoms with Gasteiger partial charge in [0, 0.05) is 44.1 Å². The zero-order valence-electron chi connectivity index (χ0n) is 10.2. The summed E-state index contributed by atoms with van der Waals surface area (Å²) >= 11 is 5.64. The van der Waals surface area contributed by atoms with Crippen LogP contribution in [0.3, 0.4) is 0 Å². The fourth-order valence-electron chi connectivity index (χ4n) is 1.94. The number of anilines is 1. The van der Waals surface area contributed by atoms with Crippen molar-refractivity contribution in [2.45, 2.75) is 12.1 Å². The summed E-state index contributed by atoms with van der Waals surface area (Å²) in [5.41, 5.74) is 0.820. The maximum atomic E-state index is 12.3. The maximum Gasteiger partial charge on any atom is 0.401 e. The molecule has 0 radical (unpaired) electrons. The molecule has 0 spiro atoms. The van der Waals surface area contributed by atoms with Crippen molar-refractivity contribution in [3.63, 3.8) is 0 Å². The van der Waals surface area contributed by atoms with Crippen LogP contribution in [0.4, 0.5) is 19.1 Å². The molecule has 2 rings (SSSR count). The summed E-state index contributed by atoms with van der Waals surface area (Å²) in [6.07, 6.45) is -0.866. The summed E-state index contributed by atoms with van der Waals surface area (Å²) in [6.45, 7) is 0.861. The largest absolute Gasteiger partial charge is 0.401 e. The minimum atomic E-state index is -4.14. The van der Waals surface area contributed by atoms with Gasteiger partial charge in [-0.25, -0.2) is 9.97 Å². The minimum Gasteiger partial charge on any atom is -0.338 e. The standard InChI is InChI=1S/C11H14ClF3N4/c12-5-9-6-16-10(17-7-9)19-3-1-18(2-4-19)8-11(13,14)15/h6-7H,1-5,8H2. The smallest absolute Gasteiger partial charge is 0.338 e. The maximum absolute atomic E-state index is 12.3. The minimum absolute atomic E-state index is 0.347. The van der Waals surface area contributed by atoms with E-state index in [4.69, 9.17) is 11.6 Å². The first-order valence-electron chi connectivity index (χ1n) is 5.89. The van der Waals surface area contributed by atoms with Gasteiger partial charge in [-0.15, -0.1) is 11.6 Å². The molecular formula is C11H14ClF3N4. The lowest BCUT2D eigenvalue weighted by Crippen LogP contribution is -2.49. The number of hydrogen-bond acceptors (Lipinski definition) is 4. The van der Waals surface area contributed by atoms with Crippen molar-refractivity contribution >= 4 is 17.5 Å². The summed E-state index contributed by atoms with van der Waals surface area (Å²) in [6, 6.07) is 0. The third kappa shape index (κ3) is 4.21. The van der Waals surface area contributed by atoms with Crippen LogP contribution < -0.4 is 4.90 Å². The van der Waals surface area contributed by atoms with Crippen LogP contribution in [0.1, 0.15) is 5.56 Å². The highest BCUT2D eigenvalue weighted by molar-refractivity contribution is 6.17. The van der Waals surface area contributed by atoms with Gasteiger partial charge in [0.15, 0.2) is 0 Å². The molecule has 4 nitrogen and oxygen atoms in total. The molecule has 0 amide bonds. The molecule has 2 heterocycles. The summed E-state index contributed by atoms with van der Waals surface area (Å²) < 4.78 is 36.8. The molecule has 0 unspecified atom stereocenters. The van der Waals surface area contributed by atoms with Crippen LogP contribution in [0.2, 0.25) is 0 Å². The predicted octanol–water partition coefficient (Wildman–Crippen LogP) is 1.90. The summed E-state index contributed by atoms with van der Waals surface area (Å²) in [5.74, 6) is 0.889.